The van der Waals surface area contributed by atoms with Crippen LogP contribution < -0.4 is 5.32 Å². The highest BCUT2D eigenvalue weighted by Crippen LogP contribution is 1.92. The van der Waals surface area contributed by atoms with Crippen LogP contribution in [0.1, 0.15) is 6.42 Å². The van der Waals surface area contributed by atoms with Crippen LogP contribution in [0.5, 0.6) is 0 Å². The van der Waals surface area contributed by atoms with E-state index >= 15 is 0 Å². The van der Waals surface area contributed by atoms with Crippen LogP contribution in [0.4, 0.5) is 0 Å². The van der Waals surface area contributed by atoms with E-state index in [1.807, 2.05) is 0 Å². The van der Waals surface area contributed by atoms with Crippen molar-refractivity contribution >= 4 is 30.1 Å². The maximum atomic E-state index is 10.7. The van der Waals surface area contributed by atoms with Crippen molar-refractivity contribution in [2.75, 3.05) is 12.3 Å². The molecule has 0 aromatic heterocycles. The third kappa shape index (κ3) is 5.98. The molecule has 0 unspecified atom stereocenters. The van der Waals surface area contributed by atoms with Gasteiger partial charge in [0.25, 0.3) is 0 Å². The predicted molar refractivity (Wildman–Crippen MR) is 46.5 cm³/mol. The Labute approximate surface area is 71.0 Å². The number of carbonyl (C=O) groups excluding carboxylic acids is 1. The van der Waals surface area contributed by atoms with E-state index < -0.39 is 0 Å². The fraction of sp³-hybridized carbons (Fsp3) is 0.500. The van der Waals surface area contributed by atoms with Gasteiger partial charge in [-0.1, -0.05) is 18.2 Å². The Balaban J connectivity index is 3.30. The molecule has 0 aromatic rings. The van der Waals surface area contributed by atoms with Crippen molar-refractivity contribution in [1.82, 2.24) is 5.32 Å². The maximum Gasteiger partial charge on any atom is 0.221 e. The molecule has 0 rings (SSSR count). The minimum absolute atomic E-state index is 0.0446. The highest BCUT2D eigenvalue weighted by Gasteiger charge is 1.97. The molecule has 1 N–H and O–H groups in total. The summed E-state index contributed by atoms with van der Waals surface area (Å²) in [6.45, 7) is 3.76. The molecule has 58 valence electrons. The quantitative estimate of drug-likeness (QED) is 0.624. The number of amides is 1. The number of rotatable bonds is 4. The van der Waals surface area contributed by atoms with Gasteiger partial charge in [0.15, 0.2) is 0 Å². The third-order valence-electron chi connectivity index (χ3n) is 0.816. The van der Waals surface area contributed by atoms with Crippen LogP contribution in [0.3, 0.4) is 0 Å². The molecule has 4 heteroatoms. The molecule has 0 aromatic carbocycles. The lowest BCUT2D eigenvalue weighted by molar-refractivity contribution is -0.120. The Morgan fingerprint density at radius 3 is 2.70 bits per heavy atom. The fourth-order valence-corrected chi connectivity index (χ4v) is 0.654. The molecule has 0 heterocycles. The summed E-state index contributed by atoms with van der Waals surface area (Å²) in [5.74, 6) is 0.512. The minimum Gasteiger partial charge on any atom is -0.351 e. The zero-order valence-electron chi connectivity index (χ0n) is 5.56. The number of hydrogen-bond donors (Lipinski definition) is 2. The normalized spacial score (nSPS) is 9.00. The molecule has 0 saturated heterocycles. The van der Waals surface area contributed by atoms with E-state index in [9.17, 15) is 4.79 Å². The van der Waals surface area contributed by atoms with Crippen molar-refractivity contribution in [2.45, 2.75) is 6.42 Å². The molecule has 0 bridgehead atoms. The summed E-state index contributed by atoms with van der Waals surface area (Å²) in [6, 6.07) is 0. The van der Waals surface area contributed by atoms with Gasteiger partial charge < -0.3 is 5.32 Å². The van der Waals surface area contributed by atoms with Gasteiger partial charge in [-0.25, -0.2) is 0 Å². The molecule has 0 aliphatic rings. The number of nitrogens with one attached hydrogen (secondary N) is 1. The average Bonchev–Trinajstić information content (AvgIpc) is 1.85. The van der Waals surface area contributed by atoms with Gasteiger partial charge in [-0.15, -0.1) is 0 Å². The molecule has 0 saturated carbocycles. The fourth-order valence-electron chi connectivity index (χ4n) is 0.384. The van der Waals surface area contributed by atoms with E-state index in [2.05, 4.69) is 24.5 Å². The van der Waals surface area contributed by atoms with E-state index in [1.165, 1.54) is 0 Å². The molecule has 2 nitrogen and oxygen atoms in total. The van der Waals surface area contributed by atoms with Gasteiger partial charge in [0.2, 0.25) is 5.91 Å². The van der Waals surface area contributed by atoms with E-state index in [0.717, 1.165) is 0 Å². The SMILES string of the molecule is C=C(Cl)CNC(=O)CCS. The Kier molecular flexibility index (Phi) is 5.54. The predicted octanol–water partition coefficient (Wildman–Crippen LogP) is 1.18. The second kappa shape index (κ2) is 5.62. The summed E-state index contributed by atoms with van der Waals surface area (Å²) in [5.41, 5.74) is 0. The van der Waals surface area contributed by atoms with Crippen LogP contribution in [0, 0.1) is 0 Å². The second-order valence-electron chi connectivity index (χ2n) is 1.77. The number of thiol groups is 1. The molecule has 0 aliphatic heterocycles. The highest BCUT2D eigenvalue weighted by atomic mass is 35.5. The third-order valence-corrected chi connectivity index (χ3v) is 1.17. The largest absolute Gasteiger partial charge is 0.351 e. The van der Waals surface area contributed by atoms with Gasteiger partial charge in [-0.2, -0.15) is 12.6 Å². The molecule has 0 spiro atoms. The zero-order chi connectivity index (χ0) is 7.98. The molecule has 10 heavy (non-hydrogen) atoms. The van der Waals surface area contributed by atoms with Crippen molar-refractivity contribution in [2.24, 2.45) is 0 Å². The summed E-state index contributed by atoms with van der Waals surface area (Å²) in [4.78, 5) is 10.7. The van der Waals surface area contributed by atoms with Crippen LogP contribution in [-0.4, -0.2) is 18.2 Å². The Morgan fingerprint density at radius 2 is 2.30 bits per heavy atom. The molecule has 0 radical (unpaired) electrons. The van der Waals surface area contributed by atoms with Gasteiger partial charge >= 0.3 is 0 Å². The summed E-state index contributed by atoms with van der Waals surface area (Å²) >= 11 is 9.28. The Bertz CT molecular complexity index is 138. The van der Waals surface area contributed by atoms with Crippen LogP contribution in [0.2, 0.25) is 0 Å². The van der Waals surface area contributed by atoms with Crippen molar-refractivity contribution < 1.29 is 4.79 Å². The Hall–Kier alpha value is -0.150. The number of hydrogen-bond acceptors (Lipinski definition) is 2. The van der Waals surface area contributed by atoms with E-state index in [0.29, 0.717) is 23.8 Å². The van der Waals surface area contributed by atoms with Crippen molar-refractivity contribution in [3.05, 3.63) is 11.6 Å². The summed E-state index contributed by atoms with van der Waals surface area (Å²) < 4.78 is 0. The molecule has 1 amide bonds. The molecule has 0 aliphatic carbocycles. The van der Waals surface area contributed by atoms with Gasteiger partial charge in [-0.3, -0.25) is 4.79 Å². The van der Waals surface area contributed by atoms with E-state index in [-0.39, 0.29) is 5.91 Å². The molecular formula is C6H10ClNOS. The lowest BCUT2D eigenvalue weighted by atomic mass is 10.4. The van der Waals surface area contributed by atoms with Gasteiger partial charge in [0.1, 0.15) is 0 Å². The monoisotopic (exact) mass is 179 g/mol. The van der Waals surface area contributed by atoms with Gasteiger partial charge in [0, 0.05) is 11.5 Å². The van der Waals surface area contributed by atoms with E-state index in [1.54, 1.807) is 0 Å². The standard InChI is InChI=1S/C6H10ClNOS/c1-5(7)4-8-6(9)2-3-10/h10H,1-4H2,(H,8,9). The first-order valence-corrected chi connectivity index (χ1v) is 3.88. The number of halogens is 1. The first-order valence-electron chi connectivity index (χ1n) is 2.87. The maximum absolute atomic E-state index is 10.7. The topological polar surface area (TPSA) is 29.1 Å². The van der Waals surface area contributed by atoms with Gasteiger partial charge in [0.05, 0.1) is 6.54 Å². The van der Waals surface area contributed by atoms with Gasteiger partial charge in [-0.05, 0) is 5.75 Å². The second-order valence-corrected chi connectivity index (χ2v) is 2.75. The van der Waals surface area contributed by atoms with Crippen molar-refractivity contribution in [3.8, 4) is 0 Å². The first kappa shape index (κ1) is 9.85. The molecular weight excluding hydrogens is 170 g/mol. The van der Waals surface area contributed by atoms with Crippen LogP contribution in [0.15, 0.2) is 11.6 Å². The summed E-state index contributed by atoms with van der Waals surface area (Å²) in [5, 5.41) is 3.00. The molecule has 0 atom stereocenters. The average molecular weight is 180 g/mol. The van der Waals surface area contributed by atoms with Crippen molar-refractivity contribution in [1.29, 1.82) is 0 Å². The van der Waals surface area contributed by atoms with E-state index in [4.69, 9.17) is 11.6 Å². The zero-order valence-corrected chi connectivity index (χ0v) is 7.21. The van der Waals surface area contributed by atoms with Crippen LogP contribution in [-0.2, 0) is 4.79 Å². The first-order chi connectivity index (χ1) is 4.66. The lowest BCUT2D eigenvalue weighted by Crippen LogP contribution is -2.24. The summed E-state index contributed by atoms with van der Waals surface area (Å²) in [7, 11) is 0. The number of carbonyl (C=O) groups is 1. The lowest BCUT2D eigenvalue weighted by Gasteiger charge is -2.00. The highest BCUT2D eigenvalue weighted by molar-refractivity contribution is 7.80. The van der Waals surface area contributed by atoms with Crippen molar-refractivity contribution in [3.63, 3.8) is 0 Å². The Morgan fingerprint density at radius 1 is 1.70 bits per heavy atom. The minimum atomic E-state index is -0.0446. The van der Waals surface area contributed by atoms with Crippen LogP contribution in [0.25, 0.3) is 0 Å². The summed E-state index contributed by atoms with van der Waals surface area (Å²) in [6.07, 6.45) is 0.424. The molecule has 0 fully saturated rings. The van der Waals surface area contributed by atoms with Crippen LogP contribution >= 0.6 is 24.2 Å². The smallest absolute Gasteiger partial charge is 0.221 e.